The molecule has 0 radical (unpaired) electrons. The molecule has 2 aromatic heterocycles. The predicted octanol–water partition coefficient (Wildman–Crippen LogP) is 2.09. The Morgan fingerprint density at radius 2 is 2.50 bits per heavy atom. The monoisotopic (exact) mass is 229 g/mol. The van der Waals surface area contributed by atoms with Gasteiger partial charge >= 0.3 is 0 Å². The molecule has 0 amide bonds. The summed E-state index contributed by atoms with van der Waals surface area (Å²) in [4.78, 5) is 8.11. The van der Waals surface area contributed by atoms with Gasteiger partial charge in [-0.25, -0.2) is 9.97 Å². The van der Waals surface area contributed by atoms with E-state index in [4.69, 9.17) is 11.6 Å². The van der Waals surface area contributed by atoms with Gasteiger partial charge in [-0.05, 0) is 6.92 Å². The van der Waals surface area contributed by atoms with Crippen LogP contribution in [0.25, 0.3) is 0 Å². The van der Waals surface area contributed by atoms with Crippen LogP contribution >= 0.6 is 22.9 Å². The summed E-state index contributed by atoms with van der Waals surface area (Å²) in [6.45, 7) is 1.97. The van der Waals surface area contributed by atoms with Gasteiger partial charge in [0.15, 0.2) is 5.13 Å². The average molecular weight is 230 g/mol. The fourth-order valence-electron chi connectivity index (χ4n) is 0.998. The highest BCUT2D eigenvalue weighted by atomic mass is 35.5. The first-order valence-corrected chi connectivity index (χ1v) is 5.24. The Kier molecular flexibility index (Phi) is 2.64. The Balaban J connectivity index is 2.05. The zero-order valence-corrected chi connectivity index (χ0v) is 8.93. The predicted molar refractivity (Wildman–Crippen MR) is 55.5 cm³/mol. The van der Waals surface area contributed by atoms with Crippen molar-refractivity contribution in [3.05, 3.63) is 22.7 Å². The van der Waals surface area contributed by atoms with E-state index in [2.05, 4.69) is 25.5 Å². The van der Waals surface area contributed by atoms with Crippen LogP contribution in [0.3, 0.4) is 0 Å². The highest BCUT2D eigenvalue weighted by Crippen LogP contribution is 2.22. The van der Waals surface area contributed by atoms with Crippen LogP contribution in [0.2, 0.25) is 5.15 Å². The van der Waals surface area contributed by atoms with Crippen molar-refractivity contribution in [3.63, 3.8) is 0 Å². The molecule has 0 aliphatic rings. The third-order valence-corrected chi connectivity index (χ3v) is 2.76. The number of aromatic nitrogens is 4. The SMILES string of the molecule is CC(Nc1nc(Cl)cs1)c1ncn[nH]1. The molecule has 2 heterocycles. The van der Waals surface area contributed by atoms with Crippen molar-refractivity contribution in [2.24, 2.45) is 0 Å². The minimum absolute atomic E-state index is 0.0414. The number of nitrogens with one attached hydrogen (secondary N) is 2. The second kappa shape index (κ2) is 3.93. The van der Waals surface area contributed by atoms with Gasteiger partial charge in [0.2, 0.25) is 0 Å². The molecule has 2 rings (SSSR count). The molecule has 2 N–H and O–H groups in total. The number of anilines is 1. The van der Waals surface area contributed by atoms with Crippen LogP contribution < -0.4 is 5.32 Å². The van der Waals surface area contributed by atoms with Crippen molar-refractivity contribution >= 4 is 28.1 Å². The number of hydrogen-bond donors (Lipinski definition) is 2. The molecular formula is C7H8ClN5S. The average Bonchev–Trinajstić information content (AvgIpc) is 2.75. The molecule has 0 bridgehead atoms. The summed E-state index contributed by atoms with van der Waals surface area (Å²) in [7, 11) is 0. The van der Waals surface area contributed by atoms with E-state index in [1.165, 1.54) is 17.7 Å². The maximum Gasteiger partial charge on any atom is 0.184 e. The maximum absolute atomic E-state index is 5.69. The first-order valence-electron chi connectivity index (χ1n) is 3.98. The number of halogens is 1. The summed E-state index contributed by atoms with van der Waals surface area (Å²) < 4.78 is 0. The van der Waals surface area contributed by atoms with Gasteiger partial charge < -0.3 is 5.32 Å². The molecule has 0 saturated heterocycles. The zero-order valence-electron chi connectivity index (χ0n) is 7.36. The Labute approximate surface area is 89.5 Å². The number of aromatic amines is 1. The van der Waals surface area contributed by atoms with Crippen LogP contribution in [0.15, 0.2) is 11.7 Å². The summed E-state index contributed by atoms with van der Waals surface area (Å²) in [6.07, 6.45) is 1.47. The van der Waals surface area contributed by atoms with Crippen molar-refractivity contribution in [3.8, 4) is 0 Å². The van der Waals surface area contributed by atoms with Crippen LogP contribution in [-0.4, -0.2) is 20.2 Å². The van der Waals surface area contributed by atoms with Crippen LogP contribution in [0, 0.1) is 0 Å². The summed E-state index contributed by atoms with van der Waals surface area (Å²) >= 11 is 7.15. The van der Waals surface area contributed by atoms with Gasteiger partial charge in [-0.15, -0.1) is 11.3 Å². The van der Waals surface area contributed by atoms with Crippen molar-refractivity contribution in [1.29, 1.82) is 0 Å². The van der Waals surface area contributed by atoms with Crippen molar-refractivity contribution in [1.82, 2.24) is 20.2 Å². The number of thiazole rings is 1. The highest BCUT2D eigenvalue weighted by molar-refractivity contribution is 7.14. The topological polar surface area (TPSA) is 66.5 Å². The molecule has 2 aromatic rings. The minimum Gasteiger partial charge on any atom is -0.352 e. The fraction of sp³-hybridized carbons (Fsp3) is 0.286. The number of H-pyrrole nitrogens is 1. The molecule has 0 aromatic carbocycles. The van der Waals surface area contributed by atoms with E-state index in [0.29, 0.717) is 5.15 Å². The molecule has 74 valence electrons. The number of nitrogens with zero attached hydrogens (tertiary/aromatic N) is 3. The van der Waals surface area contributed by atoms with E-state index < -0.39 is 0 Å². The van der Waals surface area contributed by atoms with Gasteiger partial charge in [-0.2, -0.15) is 5.10 Å². The van der Waals surface area contributed by atoms with Gasteiger partial charge in [0.25, 0.3) is 0 Å². The standard InChI is InChI=1S/C7H8ClN5S/c1-4(6-9-3-10-13-6)11-7-12-5(8)2-14-7/h2-4H,1H3,(H,11,12)(H,9,10,13). The molecule has 5 nitrogen and oxygen atoms in total. The van der Waals surface area contributed by atoms with Crippen LogP contribution in [0.4, 0.5) is 5.13 Å². The molecular weight excluding hydrogens is 222 g/mol. The highest BCUT2D eigenvalue weighted by Gasteiger charge is 2.09. The van der Waals surface area contributed by atoms with Gasteiger partial charge in [0.05, 0.1) is 6.04 Å². The molecule has 0 aliphatic heterocycles. The Hall–Kier alpha value is -1.14. The second-order valence-corrected chi connectivity index (χ2v) is 3.96. The maximum atomic E-state index is 5.69. The van der Waals surface area contributed by atoms with Gasteiger partial charge in [-0.1, -0.05) is 11.6 Å². The minimum atomic E-state index is 0.0414. The Morgan fingerprint density at radius 3 is 3.07 bits per heavy atom. The van der Waals surface area contributed by atoms with Gasteiger partial charge in [0.1, 0.15) is 17.3 Å². The van der Waals surface area contributed by atoms with E-state index in [-0.39, 0.29) is 6.04 Å². The van der Waals surface area contributed by atoms with E-state index in [9.17, 15) is 0 Å². The lowest BCUT2D eigenvalue weighted by Crippen LogP contribution is -2.08. The molecule has 0 fully saturated rings. The van der Waals surface area contributed by atoms with E-state index >= 15 is 0 Å². The van der Waals surface area contributed by atoms with E-state index in [1.807, 2.05) is 6.92 Å². The van der Waals surface area contributed by atoms with Crippen LogP contribution in [-0.2, 0) is 0 Å². The van der Waals surface area contributed by atoms with E-state index in [1.54, 1.807) is 5.38 Å². The quantitative estimate of drug-likeness (QED) is 0.846. The summed E-state index contributed by atoms with van der Waals surface area (Å²) in [5, 5.41) is 12.8. The lowest BCUT2D eigenvalue weighted by Gasteiger charge is -2.08. The first-order chi connectivity index (χ1) is 6.75. The van der Waals surface area contributed by atoms with Crippen LogP contribution in [0.5, 0.6) is 0 Å². The number of rotatable bonds is 3. The zero-order chi connectivity index (χ0) is 9.97. The summed E-state index contributed by atoms with van der Waals surface area (Å²) in [5.41, 5.74) is 0. The lowest BCUT2D eigenvalue weighted by molar-refractivity contribution is 0.794. The molecule has 14 heavy (non-hydrogen) atoms. The third-order valence-electron chi connectivity index (χ3n) is 1.66. The van der Waals surface area contributed by atoms with E-state index in [0.717, 1.165) is 11.0 Å². The molecule has 1 unspecified atom stereocenters. The first kappa shape index (κ1) is 9.42. The molecule has 1 atom stereocenters. The third kappa shape index (κ3) is 2.02. The lowest BCUT2D eigenvalue weighted by atomic mass is 10.3. The van der Waals surface area contributed by atoms with Crippen LogP contribution in [0.1, 0.15) is 18.8 Å². The molecule has 7 heteroatoms. The summed E-state index contributed by atoms with van der Waals surface area (Å²) in [5.74, 6) is 0.774. The molecule has 0 saturated carbocycles. The smallest absolute Gasteiger partial charge is 0.184 e. The summed E-state index contributed by atoms with van der Waals surface area (Å²) in [6, 6.07) is 0.0414. The largest absolute Gasteiger partial charge is 0.352 e. The fourth-order valence-corrected chi connectivity index (χ4v) is 1.92. The Morgan fingerprint density at radius 1 is 1.64 bits per heavy atom. The van der Waals surface area contributed by atoms with Gasteiger partial charge in [-0.3, -0.25) is 5.10 Å². The van der Waals surface area contributed by atoms with Crippen molar-refractivity contribution in [2.75, 3.05) is 5.32 Å². The molecule has 0 aliphatic carbocycles. The Bertz CT molecular complexity index is 398. The molecule has 0 spiro atoms. The number of hydrogen-bond acceptors (Lipinski definition) is 5. The van der Waals surface area contributed by atoms with Gasteiger partial charge in [0, 0.05) is 5.38 Å². The van der Waals surface area contributed by atoms with Crippen molar-refractivity contribution < 1.29 is 0 Å². The van der Waals surface area contributed by atoms with Crippen molar-refractivity contribution in [2.45, 2.75) is 13.0 Å². The second-order valence-electron chi connectivity index (χ2n) is 2.71. The normalized spacial score (nSPS) is 12.7.